The molecule has 1 N–H and O–H groups in total. The number of rotatable bonds is 4. The summed E-state index contributed by atoms with van der Waals surface area (Å²) in [6.45, 7) is 2.05. The highest BCUT2D eigenvalue weighted by molar-refractivity contribution is 7.99. The molecule has 2 rings (SSSR count). The summed E-state index contributed by atoms with van der Waals surface area (Å²) in [4.78, 5) is 26.1. The first-order chi connectivity index (χ1) is 10.1. The Hall–Kier alpha value is -1.69. The Morgan fingerprint density at radius 3 is 2.95 bits per heavy atom. The van der Waals surface area contributed by atoms with Crippen LogP contribution in [0.5, 0.6) is 0 Å². The molecule has 1 unspecified atom stereocenters. The molecule has 21 heavy (non-hydrogen) atoms. The van der Waals surface area contributed by atoms with E-state index in [2.05, 4.69) is 11.4 Å². The van der Waals surface area contributed by atoms with E-state index in [1.807, 2.05) is 30.0 Å². The molecule has 0 aliphatic carbocycles. The van der Waals surface area contributed by atoms with Crippen LogP contribution in [0.4, 0.5) is 4.79 Å². The number of carbonyl (C=O) groups excluding carboxylic acids is 2. The van der Waals surface area contributed by atoms with Gasteiger partial charge in [0.1, 0.15) is 6.54 Å². The van der Waals surface area contributed by atoms with E-state index in [9.17, 15) is 9.59 Å². The van der Waals surface area contributed by atoms with Gasteiger partial charge in [0.2, 0.25) is 5.91 Å². The highest BCUT2D eigenvalue weighted by atomic mass is 32.2. The van der Waals surface area contributed by atoms with Gasteiger partial charge in [-0.05, 0) is 25.0 Å². The molecule has 0 aromatic heterocycles. The third kappa shape index (κ3) is 4.14. The number of carbonyl (C=O) groups is 2. The summed E-state index contributed by atoms with van der Waals surface area (Å²) < 4.78 is 4.85. The van der Waals surface area contributed by atoms with Crippen molar-refractivity contribution in [2.75, 3.05) is 26.0 Å². The van der Waals surface area contributed by atoms with Crippen molar-refractivity contribution in [3.05, 3.63) is 29.8 Å². The van der Waals surface area contributed by atoms with E-state index < -0.39 is 6.09 Å². The van der Waals surface area contributed by atoms with Gasteiger partial charge < -0.3 is 15.0 Å². The van der Waals surface area contributed by atoms with Crippen LogP contribution in [-0.4, -0.2) is 42.9 Å². The molecule has 114 valence electrons. The molecule has 1 heterocycles. The van der Waals surface area contributed by atoms with E-state index in [1.165, 1.54) is 9.80 Å². The standard InChI is InChI=1S/C15H20N2O3S/c1-3-20-15(19)17(2)10-14(18)16-12-8-9-21-13-7-5-4-6-11(12)13/h4-7,12H,3,8-10H2,1-2H3,(H,16,18). The number of hydrogen-bond acceptors (Lipinski definition) is 4. The highest BCUT2D eigenvalue weighted by Crippen LogP contribution is 2.35. The van der Waals surface area contributed by atoms with Crippen LogP contribution in [0.2, 0.25) is 0 Å². The van der Waals surface area contributed by atoms with Crippen molar-refractivity contribution in [3.8, 4) is 0 Å². The molecule has 1 aromatic rings. The van der Waals surface area contributed by atoms with Crippen LogP contribution in [0.15, 0.2) is 29.2 Å². The van der Waals surface area contributed by atoms with Gasteiger partial charge in [0.25, 0.3) is 0 Å². The van der Waals surface area contributed by atoms with E-state index in [-0.39, 0.29) is 18.5 Å². The number of thioether (sulfide) groups is 1. The summed E-state index contributed by atoms with van der Waals surface area (Å²) in [5, 5.41) is 3.00. The first-order valence-corrected chi connectivity index (χ1v) is 7.99. The predicted molar refractivity (Wildman–Crippen MR) is 82.3 cm³/mol. The van der Waals surface area contributed by atoms with Gasteiger partial charge in [-0.3, -0.25) is 4.79 Å². The summed E-state index contributed by atoms with van der Waals surface area (Å²) in [5.74, 6) is 0.813. The van der Waals surface area contributed by atoms with E-state index in [1.54, 1.807) is 14.0 Å². The molecular weight excluding hydrogens is 288 g/mol. The lowest BCUT2D eigenvalue weighted by Crippen LogP contribution is -2.40. The number of benzene rings is 1. The lowest BCUT2D eigenvalue weighted by atomic mass is 10.0. The number of nitrogens with zero attached hydrogens (tertiary/aromatic N) is 1. The van der Waals surface area contributed by atoms with Crippen LogP contribution in [-0.2, 0) is 9.53 Å². The molecule has 0 saturated heterocycles. The molecule has 0 fully saturated rings. The van der Waals surface area contributed by atoms with Crippen LogP contribution >= 0.6 is 11.8 Å². The summed E-state index contributed by atoms with van der Waals surface area (Å²) >= 11 is 1.81. The third-order valence-corrected chi connectivity index (χ3v) is 4.38. The third-order valence-electron chi connectivity index (χ3n) is 3.25. The van der Waals surface area contributed by atoms with Gasteiger partial charge in [-0.2, -0.15) is 0 Å². The first kappa shape index (κ1) is 15.7. The van der Waals surface area contributed by atoms with Crippen molar-refractivity contribution in [2.45, 2.75) is 24.3 Å². The number of likely N-dealkylation sites (N-methyl/N-ethyl adjacent to an activating group) is 1. The molecule has 1 aromatic carbocycles. The number of nitrogens with one attached hydrogen (secondary N) is 1. The monoisotopic (exact) mass is 308 g/mol. The second-order valence-corrected chi connectivity index (χ2v) is 5.99. The molecule has 0 radical (unpaired) electrons. The quantitative estimate of drug-likeness (QED) is 0.928. The van der Waals surface area contributed by atoms with Crippen molar-refractivity contribution in [3.63, 3.8) is 0 Å². The minimum Gasteiger partial charge on any atom is -0.450 e. The molecule has 2 amide bonds. The van der Waals surface area contributed by atoms with Crippen LogP contribution < -0.4 is 5.32 Å². The largest absolute Gasteiger partial charge is 0.450 e. The Bertz CT molecular complexity index is 521. The predicted octanol–water partition coefficient (Wildman–Crippen LogP) is 2.43. The fraction of sp³-hybridized carbons (Fsp3) is 0.467. The average molecular weight is 308 g/mol. The van der Waals surface area contributed by atoms with E-state index in [4.69, 9.17) is 4.74 Å². The first-order valence-electron chi connectivity index (χ1n) is 7.00. The van der Waals surface area contributed by atoms with Gasteiger partial charge in [-0.25, -0.2) is 4.79 Å². The zero-order chi connectivity index (χ0) is 15.2. The molecule has 6 heteroatoms. The van der Waals surface area contributed by atoms with Crippen LogP contribution in [0.25, 0.3) is 0 Å². The van der Waals surface area contributed by atoms with Gasteiger partial charge in [0.15, 0.2) is 0 Å². The van der Waals surface area contributed by atoms with Crippen molar-refractivity contribution < 1.29 is 14.3 Å². The Balaban J connectivity index is 1.93. The van der Waals surface area contributed by atoms with Crippen LogP contribution in [0, 0.1) is 0 Å². The second kappa shape index (κ2) is 7.36. The lowest BCUT2D eigenvalue weighted by molar-refractivity contribution is -0.122. The van der Waals surface area contributed by atoms with Crippen molar-refractivity contribution in [1.29, 1.82) is 0 Å². The van der Waals surface area contributed by atoms with E-state index in [0.29, 0.717) is 6.61 Å². The number of ether oxygens (including phenoxy) is 1. The lowest BCUT2D eigenvalue weighted by Gasteiger charge is -2.26. The van der Waals surface area contributed by atoms with Crippen LogP contribution in [0.1, 0.15) is 24.9 Å². The maximum Gasteiger partial charge on any atom is 0.409 e. The van der Waals surface area contributed by atoms with Gasteiger partial charge in [-0.15, -0.1) is 11.8 Å². The zero-order valence-corrected chi connectivity index (χ0v) is 13.1. The minimum absolute atomic E-state index is 0.00461. The average Bonchev–Trinajstić information content (AvgIpc) is 2.47. The number of amides is 2. The fourth-order valence-corrected chi connectivity index (χ4v) is 3.37. The minimum atomic E-state index is -0.479. The molecule has 0 saturated carbocycles. The van der Waals surface area contributed by atoms with E-state index >= 15 is 0 Å². The molecule has 1 aliphatic heterocycles. The van der Waals surface area contributed by atoms with Crippen LogP contribution in [0.3, 0.4) is 0 Å². The second-order valence-electron chi connectivity index (χ2n) is 4.85. The molecule has 5 nitrogen and oxygen atoms in total. The topological polar surface area (TPSA) is 58.6 Å². The molecule has 1 atom stereocenters. The smallest absolute Gasteiger partial charge is 0.409 e. The Morgan fingerprint density at radius 2 is 2.19 bits per heavy atom. The maximum absolute atomic E-state index is 12.1. The summed E-state index contributed by atoms with van der Waals surface area (Å²) in [5.41, 5.74) is 1.15. The molecule has 0 spiro atoms. The maximum atomic E-state index is 12.1. The summed E-state index contributed by atoms with van der Waals surface area (Å²) in [6.07, 6.45) is 0.420. The summed E-state index contributed by atoms with van der Waals surface area (Å²) in [6, 6.07) is 8.12. The number of fused-ring (bicyclic) bond motifs is 1. The molecular formula is C15H20N2O3S. The Morgan fingerprint density at radius 1 is 1.43 bits per heavy atom. The fourth-order valence-electron chi connectivity index (χ4n) is 2.25. The SMILES string of the molecule is CCOC(=O)N(C)CC(=O)NC1CCSc2ccccc21. The number of hydrogen-bond donors (Lipinski definition) is 1. The molecule has 0 bridgehead atoms. The van der Waals surface area contributed by atoms with E-state index in [0.717, 1.165) is 17.7 Å². The Kier molecular flexibility index (Phi) is 5.50. The zero-order valence-electron chi connectivity index (χ0n) is 12.3. The van der Waals surface area contributed by atoms with Crippen molar-refractivity contribution in [2.24, 2.45) is 0 Å². The normalized spacial score (nSPS) is 16.8. The molecule has 1 aliphatic rings. The van der Waals surface area contributed by atoms with Crippen molar-refractivity contribution >= 4 is 23.8 Å². The van der Waals surface area contributed by atoms with Gasteiger partial charge in [0.05, 0.1) is 12.6 Å². The summed E-state index contributed by atoms with van der Waals surface area (Å²) in [7, 11) is 1.56. The highest BCUT2D eigenvalue weighted by Gasteiger charge is 2.23. The van der Waals surface area contributed by atoms with Gasteiger partial charge >= 0.3 is 6.09 Å². The van der Waals surface area contributed by atoms with Gasteiger partial charge in [-0.1, -0.05) is 18.2 Å². The van der Waals surface area contributed by atoms with Gasteiger partial charge in [0, 0.05) is 17.7 Å². The Labute approximate surface area is 129 Å². The van der Waals surface area contributed by atoms with Crippen molar-refractivity contribution in [1.82, 2.24) is 10.2 Å².